The number of halogens is 1. The van der Waals surface area contributed by atoms with E-state index >= 15 is 0 Å². The van der Waals surface area contributed by atoms with Gasteiger partial charge < -0.3 is 5.73 Å². The van der Waals surface area contributed by atoms with E-state index in [1.807, 2.05) is 66.9 Å². The summed E-state index contributed by atoms with van der Waals surface area (Å²) in [6.07, 6.45) is 1.65. The first-order chi connectivity index (χ1) is 13.7. The third-order valence-electron chi connectivity index (χ3n) is 4.21. The summed E-state index contributed by atoms with van der Waals surface area (Å²) in [5, 5.41) is 9.27. The summed E-state index contributed by atoms with van der Waals surface area (Å²) >= 11 is 5.91. The highest BCUT2D eigenvalue weighted by atomic mass is 35.5. The average Bonchev–Trinajstić information content (AvgIpc) is 3.13. The predicted octanol–water partition coefficient (Wildman–Crippen LogP) is 5.31. The van der Waals surface area contributed by atoms with Gasteiger partial charge in [0.1, 0.15) is 11.6 Å². The maximum absolute atomic E-state index is 9.27. The zero-order valence-electron chi connectivity index (χ0n) is 15.7. The number of imidazole rings is 1. The number of alkyl halides is 1. The molecule has 4 aromatic rings. The summed E-state index contributed by atoms with van der Waals surface area (Å²) in [7, 11) is 0. The maximum Gasteiger partial charge on any atom is 0.149 e. The van der Waals surface area contributed by atoms with Crippen LogP contribution in [0, 0.1) is 11.3 Å². The van der Waals surface area contributed by atoms with Crippen molar-refractivity contribution in [2.45, 2.75) is 19.7 Å². The Morgan fingerprint density at radius 2 is 1.86 bits per heavy atom. The van der Waals surface area contributed by atoms with E-state index in [1.54, 1.807) is 12.3 Å². The second kappa shape index (κ2) is 8.55. The Labute approximate surface area is 169 Å². The molecule has 5 nitrogen and oxygen atoms in total. The average molecular weight is 390 g/mol. The van der Waals surface area contributed by atoms with Crippen LogP contribution in [0.3, 0.4) is 0 Å². The molecular formula is C22H20ClN5. The number of nitrogen functional groups attached to an aromatic ring is 1. The Balaban J connectivity index is 0.00000109. The van der Waals surface area contributed by atoms with E-state index in [-0.39, 0.29) is 0 Å². The van der Waals surface area contributed by atoms with Gasteiger partial charge in [-0.15, -0.1) is 11.6 Å². The van der Waals surface area contributed by atoms with Gasteiger partial charge in [-0.05, 0) is 48.0 Å². The molecule has 0 saturated carbocycles. The number of nitrogens with zero attached hydrogens (tertiary/aromatic N) is 4. The van der Waals surface area contributed by atoms with Crippen molar-refractivity contribution >= 4 is 28.5 Å². The lowest BCUT2D eigenvalue weighted by Crippen LogP contribution is -2.01. The second-order valence-electron chi connectivity index (χ2n) is 5.82. The highest BCUT2D eigenvalue weighted by Crippen LogP contribution is 2.31. The molecule has 0 bridgehead atoms. The first-order valence-corrected chi connectivity index (χ1v) is 9.53. The molecule has 2 aromatic carbocycles. The molecular weight excluding hydrogens is 370 g/mol. The molecule has 0 atom stereocenters. The molecule has 0 amide bonds. The summed E-state index contributed by atoms with van der Waals surface area (Å²) in [6.45, 7) is 4.00. The number of nitriles is 1. The normalized spacial score (nSPS) is 10.2. The first kappa shape index (κ1) is 19.4. The highest BCUT2D eigenvalue weighted by molar-refractivity contribution is 6.17. The van der Waals surface area contributed by atoms with Gasteiger partial charge in [-0.3, -0.25) is 4.57 Å². The van der Waals surface area contributed by atoms with Crippen LogP contribution >= 0.6 is 11.6 Å². The lowest BCUT2D eigenvalue weighted by molar-refractivity contribution is 1.09. The number of nitrogens with two attached hydrogens (primary N) is 1. The van der Waals surface area contributed by atoms with Crippen molar-refractivity contribution in [1.82, 2.24) is 14.5 Å². The Morgan fingerprint density at radius 1 is 1.11 bits per heavy atom. The van der Waals surface area contributed by atoms with Crippen molar-refractivity contribution < 1.29 is 0 Å². The summed E-state index contributed by atoms with van der Waals surface area (Å²) in [4.78, 5) is 8.92. The van der Waals surface area contributed by atoms with Crippen LogP contribution in [-0.4, -0.2) is 14.5 Å². The topological polar surface area (TPSA) is 80.5 Å². The van der Waals surface area contributed by atoms with E-state index in [1.165, 1.54) is 0 Å². The van der Waals surface area contributed by atoms with Gasteiger partial charge in [-0.1, -0.05) is 26.0 Å². The SMILES string of the molecule is CC.N#Cc1ccc2nc(-c3cccnc3N)n(-c3ccc(CCl)cc3)c2c1. The molecule has 2 N–H and O–H groups in total. The van der Waals surface area contributed by atoms with E-state index in [0.717, 1.165) is 27.8 Å². The zero-order valence-corrected chi connectivity index (χ0v) is 16.5. The minimum absolute atomic E-state index is 0.405. The molecule has 0 fully saturated rings. The molecule has 0 aliphatic rings. The Bertz CT molecular complexity index is 1140. The fourth-order valence-corrected chi connectivity index (χ4v) is 3.11. The summed E-state index contributed by atoms with van der Waals surface area (Å²) < 4.78 is 1.99. The molecule has 0 aliphatic heterocycles. The number of aromatic nitrogens is 3. The van der Waals surface area contributed by atoms with Crippen LogP contribution in [0.1, 0.15) is 25.0 Å². The van der Waals surface area contributed by atoms with Crippen LogP contribution in [0.15, 0.2) is 60.8 Å². The maximum atomic E-state index is 9.27. The summed E-state index contributed by atoms with van der Waals surface area (Å²) in [5.74, 6) is 1.53. The fraction of sp³-hybridized carbons (Fsp3) is 0.136. The number of benzene rings is 2. The number of pyridine rings is 1. The molecule has 4 rings (SSSR count). The van der Waals surface area contributed by atoms with Crippen molar-refractivity contribution in [1.29, 1.82) is 5.26 Å². The van der Waals surface area contributed by atoms with Crippen molar-refractivity contribution in [3.05, 3.63) is 71.9 Å². The van der Waals surface area contributed by atoms with Gasteiger partial charge in [0, 0.05) is 17.8 Å². The largest absolute Gasteiger partial charge is 0.383 e. The van der Waals surface area contributed by atoms with Crippen molar-refractivity contribution in [3.8, 4) is 23.1 Å². The number of rotatable bonds is 3. The molecule has 2 aromatic heterocycles. The first-order valence-electron chi connectivity index (χ1n) is 9.00. The van der Waals surface area contributed by atoms with Crippen LogP contribution in [0.2, 0.25) is 0 Å². The third-order valence-corrected chi connectivity index (χ3v) is 4.52. The predicted molar refractivity (Wildman–Crippen MR) is 114 cm³/mol. The molecule has 0 radical (unpaired) electrons. The Kier molecular flexibility index (Phi) is 5.93. The zero-order chi connectivity index (χ0) is 20.1. The van der Waals surface area contributed by atoms with E-state index < -0.39 is 0 Å². The van der Waals surface area contributed by atoms with Gasteiger partial charge in [-0.25, -0.2) is 9.97 Å². The molecule has 0 saturated heterocycles. The summed E-state index contributed by atoms with van der Waals surface area (Å²) in [6, 6.07) is 19.2. The van der Waals surface area contributed by atoms with Gasteiger partial charge in [-0.2, -0.15) is 5.26 Å². The van der Waals surface area contributed by atoms with Crippen LogP contribution < -0.4 is 5.73 Å². The number of anilines is 1. The van der Waals surface area contributed by atoms with Gasteiger partial charge in [0.25, 0.3) is 0 Å². The fourth-order valence-electron chi connectivity index (χ4n) is 2.93. The molecule has 0 unspecified atom stereocenters. The lowest BCUT2D eigenvalue weighted by atomic mass is 10.2. The molecule has 140 valence electrons. The molecule has 0 spiro atoms. The van der Waals surface area contributed by atoms with Gasteiger partial charge >= 0.3 is 0 Å². The van der Waals surface area contributed by atoms with Gasteiger partial charge in [0.15, 0.2) is 0 Å². The van der Waals surface area contributed by atoms with Gasteiger partial charge in [0.05, 0.1) is 28.2 Å². The van der Waals surface area contributed by atoms with Crippen molar-refractivity contribution in [2.24, 2.45) is 0 Å². The Hall–Kier alpha value is -3.36. The highest BCUT2D eigenvalue weighted by Gasteiger charge is 2.17. The smallest absolute Gasteiger partial charge is 0.149 e. The monoisotopic (exact) mass is 389 g/mol. The molecule has 2 heterocycles. The lowest BCUT2D eigenvalue weighted by Gasteiger charge is -2.11. The summed E-state index contributed by atoms with van der Waals surface area (Å²) in [5.41, 5.74) is 11.0. The number of hydrogen-bond acceptors (Lipinski definition) is 4. The minimum atomic E-state index is 0.405. The van der Waals surface area contributed by atoms with Crippen LogP contribution in [0.4, 0.5) is 5.82 Å². The van der Waals surface area contributed by atoms with Crippen molar-refractivity contribution in [3.63, 3.8) is 0 Å². The molecule has 0 aliphatic carbocycles. The number of fused-ring (bicyclic) bond motifs is 1. The standard InChI is InChI=1S/C20H14ClN5.C2H6/c21-11-13-3-6-15(7-4-13)26-18-10-14(12-22)5-8-17(18)25-20(26)16-2-1-9-24-19(16)23;1-2/h1-10H,11H2,(H2,23,24);1-2H3. The third kappa shape index (κ3) is 3.55. The van der Waals surface area contributed by atoms with E-state index in [2.05, 4.69) is 11.1 Å². The van der Waals surface area contributed by atoms with Crippen LogP contribution in [0.25, 0.3) is 28.1 Å². The van der Waals surface area contributed by atoms with E-state index in [9.17, 15) is 5.26 Å². The van der Waals surface area contributed by atoms with Crippen LogP contribution in [0.5, 0.6) is 0 Å². The van der Waals surface area contributed by atoms with Crippen LogP contribution in [-0.2, 0) is 5.88 Å². The van der Waals surface area contributed by atoms with Gasteiger partial charge in [0.2, 0.25) is 0 Å². The van der Waals surface area contributed by atoms with E-state index in [4.69, 9.17) is 22.3 Å². The number of hydrogen-bond donors (Lipinski definition) is 1. The van der Waals surface area contributed by atoms with E-state index in [0.29, 0.717) is 23.1 Å². The van der Waals surface area contributed by atoms with Crippen molar-refractivity contribution in [2.75, 3.05) is 5.73 Å². The second-order valence-corrected chi connectivity index (χ2v) is 6.09. The quantitative estimate of drug-likeness (QED) is 0.481. The molecule has 6 heteroatoms. The Morgan fingerprint density at radius 3 is 2.50 bits per heavy atom. The minimum Gasteiger partial charge on any atom is -0.383 e. The molecule has 28 heavy (non-hydrogen) atoms.